The number of nitrogens with one attached hydrogen (secondary N) is 6. The summed E-state index contributed by atoms with van der Waals surface area (Å²) in [6.07, 6.45) is -6.53. The van der Waals surface area contributed by atoms with Crippen LogP contribution in [0.5, 0.6) is 0 Å². The van der Waals surface area contributed by atoms with E-state index in [1.54, 1.807) is 146 Å². The van der Waals surface area contributed by atoms with Crippen molar-refractivity contribution in [2.45, 2.75) is 78.2 Å². The van der Waals surface area contributed by atoms with E-state index in [2.05, 4.69) is 31.9 Å². The number of nitrogens with zero attached hydrogens (tertiary/aromatic N) is 6. The number of carbonyl (C=O) groups is 12. The van der Waals surface area contributed by atoms with Crippen LogP contribution in [0.4, 0.5) is 28.8 Å². The maximum Gasteiger partial charge on any atom is 0.407 e. The van der Waals surface area contributed by atoms with Crippen LogP contribution in [0.1, 0.15) is 71.9 Å². The summed E-state index contributed by atoms with van der Waals surface area (Å²) in [6.45, 7) is -3.85. The number of hydrogen-bond acceptors (Lipinski definition) is 18. The Hall–Kier alpha value is -12.2. The molecule has 0 radical (unpaired) electrons. The second kappa shape index (κ2) is 48.0. The van der Waals surface area contributed by atoms with Gasteiger partial charge in [-0.15, -0.1) is 0 Å². The molecule has 6 aromatic carbocycles. The molecule has 1 aliphatic rings. The fraction of sp³-hybridized carbons (Fsp3) is 0.385. The predicted octanol–water partition coefficient (Wildman–Crippen LogP) is 6.87. The van der Waals surface area contributed by atoms with E-state index in [0.717, 1.165) is 33.4 Å². The molecule has 108 heavy (non-hydrogen) atoms. The highest BCUT2D eigenvalue weighted by Crippen LogP contribution is 2.12. The summed E-state index contributed by atoms with van der Waals surface area (Å²) in [4.78, 5) is 174. The van der Waals surface area contributed by atoms with Crippen LogP contribution < -0.4 is 31.9 Å². The van der Waals surface area contributed by atoms with Crippen LogP contribution in [0, 0.1) is 0 Å². The van der Waals surface area contributed by atoms with E-state index < -0.39 is 72.0 Å². The molecule has 6 N–H and O–H groups in total. The van der Waals surface area contributed by atoms with Crippen molar-refractivity contribution in [3.8, 4) is 0 Å². The van der Waals surface area contributed by atoms with Crippen LogP contribution in [-0.4, -0.2) is 219 Å². The van der Waals surface area contributed by atoms with Gasteiger partial charge in [0.25, 0.3) is 0 Å². The largest absolute Gasteiger partial charge is 0.445 e. The Balaban J connectivity index is 1.18. The molecule has 0 unspecified atom stereocenters. The minimum absolute atomic E-state index is 0.0492. The summed E-state index contributed by atoms with van der Waals surface area (Å²) in [6, 6.07) is 53.7. The molecule has 6 aromatic rings. The third-order valence-electron chi connectivity index (χ3n) is 16.9. The van der Waals surface area contributed by atoms with E-state index in [0.29, 0.717) is 0 Å². The number of benzene rings is 6. The molecule has 0 bridgehead atoms. The zero-order chi connectivity index (χ0) is 76.8. The maximum atomic E-state index is 14.7. The van der Waals surface area contributed by atoms with E-state index >= 15 is 0 Å². The Morgan fingerprint density at radius 1 is 0.204 bits per heavy atom. The number of carbonyl (C=O) groups excluding carboxylic acids is 12. The van der Waals surface area contributed by atoms with Gasteiger partial charge in [0.1, 0.15) is 39.6 Å². The molecule has 576 valence electrons. The highest BCUT2D eigenvalue weighted by molar-refractivity contribution is 5.82. The lowest BCUT2D eigenvalue weighted by Crippen LogP contribution is -2.51. The number of amides is 12. The van der Waals surface area contributed by atoms with Gasteiger partial charge in [-0.2, -0.15) is 0 Å². The second-order valence-corrected chi connectivity index (χ2v) is 24.7. The van der Waals surface area contributed by atoms with Crippen molar-refractivity contribution in [2.75, 3.05) is 118 Å². The van der Waals surface area contributed by atoms with Gasteiger partial charge < -0.3 is 89.7 Å². The lowest BCUT2D eigenvalue weighted by atomic mass is 10.2. The number of hydrogen-bond donors (Lipinski definition) is 6. The molecule has 7 rings (SSSR count). The van der Waals surface area contributed by atoms with Crippen molar-refractivity contribution in [2.24, 2.45) is 0 Å². The first-order chi connectivity index (χ1) is 52.5. The Kier molecular flexibility index (Phi) is 36.9. The van der Waals surface area contributed by atoms with E-state index in [4.69, 9.17) is 28.4 Å². The van der Waals surface area contributed by atoms with Crippen molar-refractivity contribution < 1.29 is 86.0 Å². The lowest BCUT2D eigenvalue weighted by Gasteiger charge is -2.35. The third-order valence-corrected chi connectivity index (χ3v) is 16.9. The molecule has 1 saturated heterocycles. The Morgan fingerprint density at radius 2 is 0.324 bits per heavy atom. The second-order valence-electron chi connectivity index (χ2n) is 24.7. The number of ether oxygens (including phenoxy) is 6. The standard InChI is InChI=1S/C78H96N12O18/c91-67(31-37-79-73(97)103-55-61-19-7-1-8-20-61)85-43-45-86(68(92)32-38-80-74(98)104-56-62-21-9-2-10-22-62)47-49-88(70(94)34-40-82-76(100)106-58-64-25-13-4-14-26-64)51-53-90(72(96)36-42-84-78(102)108-60-66-29-17-6-18-30-66)54-52-89(71(95)35-41-83-77(101)107-59-65-27-15-5-16-28-65)50-48-87(46-44-85)69(93)33-39-81-75(99)105-57-63-23-11-3-12-24-63/h1-30H,31-60H2,(H,79,97)(H,80,98)(H,81,99)(H,82,100)(H,83,101)(H,84,102). The summed E-state index contributed by atoms with van der Waals surface area (Å²) in [5.41, 5.74) is 4.35. The van der Waals surface area contributed by atoms with Crippen molar-refractivity contribution in [3.63, 3.8) is 0 Å². The molecule has 12 amide bonds. The zero-order valence-corrected chi connectivity index (χ0v) is 60.6. The van der Waals surface area contributed by atoms with Crippen LogP contribution in [0.3, 0.4) is 0 Å². The van der Waals surface area contributed by atoms with Gasteiger partial charge in [-0.05, 0) is 33.4 Å². The first-order valence-electron chi connectivity index (χ1n) is 35.9. The van der Waals surface area contributed by atoms with E-state index in [-0.39, 0.29) is 196 Å². The average Bonchev–Trinajstić information content (AvgIpc) is 0.873. The van der Waals surface area contributed by atoms with Gasteiger partial charge in [0.05, 0.1) is 0 Å². The van der Waals surface area contributed by atoms with Crippen molar-refractivity contribution >= 4 is 72.0 Å². The normalized spacial score (nSPS) is 13.0. The Bertz CT molecular complexity index is 3130. The lowest BCUT2D eigenvalue weighted by molar-refractivity contribution is -0.139. The SMILES string of the molecule is O=C(NCCC(=O)N1CCN(C(=O)CCNC(=O)OCc2ccccc2)CCN(C(=O)CCNC(=O)OCc2ccccc2)CCN(C(=O)CCNC(=O)OCc2ccccc2)CCN(C(=O)CCNC(=O)OCc2ccccc2)CCN(C(=O)CCNC(=O)OCc2ccccc2)CC1)OCc1ccccc1. The number of alkyl carbamates (subject to hydrolysis) is 6. The third kappa shape index (κ3) is 33.3. The molecule has 0 aromatic heterocycles. The molecule has 30 nitrogen and oxygen atoms in total. The van der Waals surface area contributed by atoms with Crippen LogP contribution >= 0.6 is 0 Å². The van der Waals surface area contributed by atoms with E-state index in [1.165, 1.54) is 29.4 Å². The quantitative estimate of drug-likeness (QED) is 0.0250. The molecule has 0 saturated carbocycles. The highest BCUT2D eigenvalue weighted by atomic mass is 16.6. The summed E-state index contributed by atoms with van der Waals surface area (Å²) >= 11 is 0. The summed E-state index contributed by atoms with van der Waals surface area (Å²) in [5, 5.41) is 15.7. The van der Waals surface area contributed by atoms with Gasteiger partial charge in [0, 0.05) is 156 Å². The van der Waals surface area contributed by atoms with Crippen molar-refractivity contribution in [1.82, 2.24) is 61.3 Å². The van der Waals surface area contributed by atoms with Crippen LogP contribution in [0.15, 0.2) is 182 Å². The first kappa shape index (κ1) is 83.0. The van der Waals surface area contributed by atoms with Crippen LogP contribution in [-0.2, 0) is 96.8 Å². The topological polar surface area (TPSA) is 352 Å². The van der Waals surface area contributed by atoms with Crippen molar-refractivity contribution in [1.29, 1.82) is 0 Å². The zero-order valence-electron chi connectivity index (χ0n) is 60.6. The fourth-order valence-corrected chi connectivity index (χ4v) is 10.8. The predicted molar refractivity (Wildman–Crippen MR) is 395 cm³/mol. The van der Waals surface area contributed by atoms with E-state index in [9.17, 15) is 57.5 Å². The van der Waals surface area contributed by atoms with Gasteiger partial charge in [0.2, 0.25) is 35.4 Å². The minimum atomic E-state index is -0.799. The van der Waals surface area contributed by atoms with Gasteiger partial charge >= 0.3 is 36.6 Å². The van der Waals surface area contributed by atoms with Gasteiger partial charge in [-0.1, -0.05) is 182 Å². The molecular weight excluding hydrogens is 1390 g/mol. The minimum Gasteiger partial charge on any atom is -0.445 e. The number of rotatable bonds is 30. The summed E-state index contributed by atoms with van der Waals surface area (Å²) in [5.74, 6) is -3.16. The first-order valence-corrected chi connectivity index (χ1v) is 35.9. The smallest absolute Gasteiger partial charge is 0.407 e. The molecule has 0 spiro atoms. The molecule has 0 atom stereocenters. The molecule has 30 heteroatoms. The van der Waals surface area contributed by atoms with Gasteiger partial charge in [-0.3, -0.25) is 28.8 Å². The molecule has 0 aliphatic carbocycles. The summed E-state index contributed by atoms with van der Waals surface area (Å²) < 4.78 is 32.4. The van der Waals surface area contributed by atoms with E-state index in [1.807, 2.05) is 36.4 Å². The molecular formula is C78H96N12O18. The monoisotopic (exact) mass is 1490 g/mol. The van der Waals surface area contributed by atoms with Gasteiger partial charge in [0.15, 0.2) is 0 Å². The highest BCUT2D eigenvalue weighted by Gasteiger charge is 2.27. The Labute approximate surface area is 628 Å². The molecule has 1 heterocycles. The van der Waals surface area contributed by atoms with Gasteiger partial charge in [-0.25, -0.2) is 28.8 Å². The average molecular weight is 1490 g/mol. The molecule has 1 aliphatic heterocycles. The Morgan fingerprint density at radius 3 is 0.444 bits per heavy atom. The van der Waals surface area contributed by atoms with Crippen LogP contribution in [0.2, 0.25) is 0 Å². The molecule has 1 fully saturated rings. The fourth-order valence-electron chi connectivity index (χ4n) is 10.8. The maximum absolute atomic E-state index is 14.7. The van der Waals surface area contributed by atoms with Crippen LogP contribution in [0.25, 0.3) is 0 Å². The summed E-state index contributed by atoms with van der Waals surface area (Å²) in [7, 11) is 0. The van der Waals surface area contributed by atoms with Crippen molar-refractivity contribution in [3.05, 3.63) is 215 Å².